The zero-order valence-electron chi connectivity index (χ0n) is 13.8. The van der Waals surface area contributed by atoms with Crippen LogP contribution in [0.25, 0.3) is 0 Å². The second-order valence-corrected chi connectivity index (χ2v) is 7.03. The number of hydrogen-bond acceptors (Lipinski definition) is 3. The van der Waals surface area contributed by atoms with E-state index in [4.69, 9.17) is 0 Å². The highest BCUT2D eigenvalue weighted by Gasteiger charge is 2.28. The van der Waals surface area contributed by atoms with Crippen molar-refractivity contribution in [2.24, 2.45) is 5.92 Å². The normalized spacial score (nSPS) is 24.5. The molecule has 126 valence electrons. The summed E-state index contributed by atoms with van der Waals surface area (Å²) in [6.45, 7) is 1.83. The van der Waals surface area contributed by atoms with Gasteiger partial charge in [-0.3, -0.25) is 9.69 Å². The van der Waals surface area contributed by atoms with Gasteiger partial charge in [-0.05, 0) is 30.7 Å². The van der Waals surface area contributed by atoms with E-state index >= 15 is 0 Å². The summed E-state index contributed by atoms with van der Waals surface area (Å²) >= 11 is 0. The summed E-state index contributed by atoms with van der Waals surface area (Å²) in [5, 5.41) is 12.9. The van der Waals surface area contributed by atoms with Crippen molar-refractivity contribution in [2.45, 2.75) is 50.7 Å². The van der Waals surface area contributed by atoms with Crippen LogP contribution in [0.1, 0.15) is 50.1 Å². The molecule has 3 rings (SSSR count). The molecule has 1 aromatic rings. The van der Waals surface area contributed by atoms with Crippen LogP contribution in [0.15, 0.2) is 30.3 Å². The fourth-order valence-corrected chi connectivity index (χ4v) is 3.98. The smallest absolute Gasteiger partial charge is 0.234 e. The number of nitrogens with one attached hydrogen (secondary N) is 1. The highest BCUT2D eigenvalue weighted by Crippen LogP contribution is 2.34. The molecule has 0 aromatic heterocycles. The van der Waals surface area contributed by atoms with Crippen molar-refractivity contribution < 1.29 is 9.90 Å². The van der Waals surface area contributed by atoms with E-state index in [1.54, 1.807) is 0 Å². The van der Waals surface area contributed by atoms with Crippen molar-refractivity contribution in [2.75, 3.05) is 19.6 Å². The van der Waals surface area contributed by atoms with E-state index in [-0.39, 0.29) is 18.1 Å². The van der Waals surface area contributed by atoms with Crippen molar-refractivity contribution >= 4 is 5.91 Å². The third-order valence-corrected chi connectivity index (χ3v) is 5.21. The van der Waals surface area contributed by atoms with Crippen LogP contribution in [0.3, 0.4) is 0 Å². The molecule has 2 N–H and O–H groups in total. The van der Waals surface area contributed by atoms with E-state index in [1.807, 2.05) is 23.1 Å². The maximum atomic E-state index is 12.5. The van der Waals surface area contributed by atoms with Crippen molar-refractivity contribution in [3.8, 4) is 0 Å². The van der Waals surface area contributed by atoms with Gasteiger partial charge in [0.1, 0.15) is 0 Å². The Morgan fingerprint density at radius 1 is 1.17 bits per heavy atom. The van der Waals surface area contributed by atoms with Crippen molar-refractivity contribution in [1.82, 2.24) is 10.2 Å². The molecule has 1 saturated heterocycles. The predicted molar refractivity (Wildman–Crippen MR) is 91.0 cm³/mol. The number of rotatable bonds is 5. The van der Waals surface area contributed by atoms with Gasteiger partial charge in [0.2, 0.25) is 5.91 Å². The van der Waals surface area contributed by atoms with Gasteiger partial charge in [0.25, 0.3) is 0 Å². The zero-order valence-corrected chi connectivity index (χ0v) is 13.8. The number of β-amino-alcohol motifs (C(OH)–C–C–N with tert-alkyl or cyclic N) is 1. The Hall–Kier alpha value is -1.39. The summed E-state index contributed by atoms with van der Waals surface area (Å²) in [5.74, 6) is 0.623. The van der Waals surface area contributed by atoms with Gasteiger partial charge in [0.05, 0.1) is 18.7 Å². The van der Waals surface area contributed by atoms with Gasteiger partial charge < -0.3 is 10.4 Å². The van der Waals surface area contributed by atoms with Crippen molar-refractivity contribution in [3.05, 3.63) is 35.9 Å². The molecule has 0 spiro atoms. The maximum Gasteiger partial charge on any atom is 0.234 e. The minimum Gasteiger partial charge on any atom is -0.392 e. The standard InChI is InChI=1S/C19H28N2O2/c22-17-11-12-21(13-17)14-18(23)20-19(15-7-3-1-4-8-15)16-9-5-2-6-10-16/h1,3-4,7-8,16-17,19,22H,2,5-6,9-14H2,(H,20,23)/t17-,19?/m0/s1. The lowest BCUT2D eigenvalue weighted by atomic mass is 9.81. The van der Waals surface area contributed by atoms with E-state index in [1.165, 1.54) is 37.7 Å². The quantitative estimate of drug-likeness (QED) is 0.877. The summed E-state index contributed by atoms with van der Waals surface area (Å²) in [4.78, 5) is 14.5. The first-order chi connectivity index (χ1) is 11.2. The Labute approximate surface area is 138 Å². The predicted octanol–water partition coefficient (Wildman–Crippen LogP) is 2.49. The second kappa shape index (κ2) is 7.93. The Bertz CT molecular complexity index is 499. The summed E-state index contributed by atoms with van der Waals surface area (Å²) in [6.07, 6.45) is 6.75. The van der Waals surface area contributed by atoms with E-state index in [9.17, 15) is 9.90 Å². The molecule has 23 heavy (non-hydrogen) atoms. The number of aliphatic hydroxyl groups excluding tert-OH is 1. The van der Waals surface area contributed by atoms with Gasteiger partial charge in [-0.1, -0.05) is 49.6 Å². The van der Waals surface area contributed by atoms with Gasteiger partial charge in [0, 0.05) is 13.1 Å². The highest BCUT2D eigenvalue weighted by molar-refractivity contribution is 5.78. The second-order valence-electron chi connectivity index (χ2n) is 7.03. The van der Waals surface area contributed by atoms with Gasteiger partial charge in [-0.2, -0.15) is 0 Å². The molecule has 1 aliphatic carbocycles. The maximum absolute atomic E-state index is 12.5. The Kier molecular flexibility index (Phi) is 5.68. The largest absolute Gasteiger partial charge is 0.392 e. The fourth-order valence-electron chi connectivity index (χ4n) is 3.98. The molecule has 1 aromatic carbocycles. The van der Waals surface area contributed by atoms with E-state index in [0.717, 1.165) is 13.0 Å². The SMILES string of the molecule is O=C(CN1CC[C@H](O)C1)NC(c1ccccc1)C1CCCCC1. The van der Waals surface area contributed by atoms with Crippen LogP contribution in [0.5, 0.6) is 0 Å². The van der Waals surface area contributed by atoms with Crippen molar-refractivity contribution in [1.29, 1.82) is 0 Å². The molecular weight excluding hydrogens is 288 g/mol. The molecule has 1 unspecified atom stereocenters. The monoisotopic (exact) mass is 316 g/mol. The molecule has 4 nitrogen and oxygen atoms in total. The summed E-state index contributed by atoms with van der Waals surface area (Å²) < 4.78 is 0. The molecule has 0 radical (unpaired) electrons. The van der Waals surface area contributed by atoms with E-state index < -0.39 is 0 Å². The topological polar surface area (TPSA) is 52.6 Å². The first-order valence-corrected chi connectivity index (χ1v) is 8.97. The van der Waals surface area contributed by atoms with Crippen LogP contribution < -0.4 is 5.32 Å². The van der Waals surface area contributed by atoms with Crippen LogP contribution in [-0.2, 0) is 4.79 Å². The molecule has 1 amide bonds. The molecule has 2 fully saturated rings. The van der Waals surface area contributed by atoms with Crippen LogP contribution >= 0.6 is 0 Å². The summed E-state index contributed by atoms with van der Waals surface area (Å²) in [5.41, 5.74) is 1.22. The van der Waals surface area contributed by atoms with Crippen LogP contribution in [0.2, 0.25) is 0 Å². The van der Waals surface area contributed by atoms with E-state index in [0.29, 0.717) is 19.0 Å². The molecule has 1 saturated carbocycles. The number of hydrogen-bond donors (Lipinski definition) is 2. The molecule has 4 heteroatoms. The Morgan fingerprint density at radius 2 is 1.91 bits per heavy atom. The molecule has 2 atom stereocenters. The zero-order chi connectivity index (χ0) is 16.1. The fraction of sp³-hybridized carbons (Fsp3) is 0.632. The minimum atomic E-state index is -0.272. The number of likely N-dealkylation sites (tertiary alicyclic amines) is 1. The number of carbonyl (C=O) groups excluding carboxylic acids is 1. The molecule has 1 aliphatic heterocycles. The molecular formula is C19H28N2O2. The van der Waals surface area contributed by atoms with Crippen molar-refractivity contribution in [3.63, 3.8) is 0 Å². The number of benzene rings is 1. The highest BCUT2D eigenvalue weighted by atomic mass is 16.3. The third kappa shape index (κ3) is 4.55. The number of amides is 1. The lowest BCUT2D eigenvalue weighted by molar-refractivity contribution is -0.123. The number of carbonyl (C=O) groups is 1. The summed E-state index contributed by atoms with van der Waals surface area (Å²) in [7, 11) is 0. The average Bonchev–Trinajstić information content (AvgIpc) is 2.99. The van der Waals surface area contributed by atoms with Gasteiger partial charge in [0.15, 0.2) is 0 Å². The first kappa shape index (κ1) is 16.5. The third-order valence-electron chi connectivity index (χ3n) is 5.21. The Balaban J connectivity index is 1.64. The lowest BCUT2D eigenvalue weighted by Gasteiger charge is -2.32. The van der Waals surface area contributed by atoms with Crippen LogP contribution in [0, 0.1) is 5.92 Å². The van der Waals surface area contributed by atoms with E-state index in [2.05, 4.69) is 17.4 Å². The van der Waals surface area contributed by atoms with Gasteiger partial charge in [-0.15, -0.1) is 0 Å². The van der Waals surface area contributed by atoms with Gasteiger partial charge in [-0.25, -0.2) is 0 Å². The first-order valence-electron chi connectivity index (χ1n) is 8.97. The minimum absolute atomic E-state index is 0.0820. The molecule has 1 heterocycles. The molecule has 2 aliphatic rings. The number of aliphatic hydroxyl groups is 1. The lowest BCUT2D eigenvalue weighted by Crippen LogP contribution is -2.40. The Morgan fingerprint density at radius 3 is 2.57 bits per heavy atom. The summed E-state index contributed by atoms with van der Waals surface area (Å²) in [6, 6.07) is 10.5. The van der Waals surface area contributed by atoms with Crippen LogP contribution in [-0.4, -0.2) is 41.7 Å². The van der Waals surface area contributed by atoms with Gasteiger partial charge >= 0.3 is 0 Å². The average molecular weight is 316 g/mol. The number of nitrogens with zero attached hydrogens (tertiary/aromatic N) is 1. The van der Waals surface area contributed by atoms with Crippen LogP contribution in [0.4, 0.5) is 0 Å². The molecule has 0 bridgehead atoms.